The minimum atomic E-state index is -0.123. The zero-order valence-corrected chi connectivity index (χ0v) is 14.6. The molecule has 4 heterocycles. The van der Waals surface area contributed by atoms with Crippen molar-refractivity contribution in [1.29, 1.82) is 0 Å². The van der Waals surface area contributed by atoms with Crippen molar-refractivity contribution in [3.63, 3.8) is 0 Å². The number of furan rings is 1. The van der Waals surface area contributed by atoms with E-state index in [1.807, 2.05) is 6.07 Å². The summed E-state index contributed by atoms with van der Waals surface area (Å²) in [5.41, 5.74) is 0.660. The molecule has 2 aliphatic rings. The highest BCUT2D eigenvalue weighted by Crippen LogP contribution is 2.20. The molecule has 2 aromatic heterocycles. The first-order valence-electron chi connectivity index (χ1n) is 9.05. The molecule has 0 radical (unpaired) electrons. The number of hydrogen-bond donors (Lipinski definition) is 0. The lowest BCUT2D eigenvalue weighted by atomic mass is 10.2. The molecule has 2 aromatic rings. The highest BCUT2D eigenvalue weighted by Gasteiger charge is 2.27. The van der Waals surface area contributed by atoms with Crippen molar-refractivity contribution in [1.82, 2.24) is 14.8 Å². The van der Waals surface area contributed by atoms with Crippen LogP contribution in [0.3, 0.4) is 0 Å². The number of piperazine rings is 1. The Bertz CT molecular complexity index is 776. The van der Waals surface area contributed by atoms with Crippen LogP contribution in [0.25, 0.3) is 0 Å². The third-order valence-electron chi connectivity index (χ3n) is 5.01. The first-order chi connectivity index (χ1) is 12.7. The Hall–Kier alpha value is -2.83. The largest absolute Gasteiger partial charge is 0.459 e. The molecule has 2 amide bonds. The molecule has 26 heavy (non-hydrogen) atoms. The molecule has 136 valence electrons. The summed E-state index contributed by atoms with van der Waals surface area (Å²) in [5.74, 6) is 1.09. The molecule has 0 atom stereocenters. The third kappa shape index (κ3) is 3.29. The Labute approximate surface area is 152 Å². The van der Waals surface area contributed by atoms with Crippen LogP contribution in [-0.2, 0) is 0 Å². The SMILES string of the molecule is O=C(c1ccnc(N2CCCC2)c1)N1CCN(C(=O)c2ccco2)CC1. The molecular weight excluding hydrogens is 332 g/mol. The van der Waals surface area contributed by atoms with Gasteiger partial charge in [0.2, 0.25) is 0 Å². The van der Waals surface area contributed by atoms with Gasteiger partial charge >= 0.3 is 0 Å². The van der Waals surface area contributed by atoms with Gasteiger partial charge in [0.15, 0.2) is 5.76 Å². The number of nitrogens with zero attached hydrogens (tertiary/aromatic N) is 4. The Morgan fingerprint density at radius 2 is 1.62 bits per heavy atom. The van der Waals surface area contributed by atoms with Crippen LogP contribution < -0.4 is 4.90 Å². The van der Waals surface area contributed by atoms with Crippen LogP contribution in [0.2, 0.25) is 0 Å². The first-order valence-corrected chi connectivity index (χ1v) is 9.05. The molecule has 2 saturated heterocycles. The molecular formula is C19H22N4O3. The van der Waals surface area contributed by atoms with E-state index in [2.05, 4.69) is 9.88 Å². The fourth-order valence-electron chi connectivity index (χ4n) is 3.52. The molecule has 7 nitrogen and oxygen atoms in total. The zero-order valence-electron chi connectivity index (χ0n) is 14.6. The van der Waals surface area contributed by atoms with E-state index in [-0.39, 0.29) is 11.8 Å². The van der Waals surface area contributed by atoms with E-state index >= 15 is 0 Å². The fraction of sp³-hybridized carbons (Fsp3) is 0.421. The standard InChI is InChI=1S/C19H22N4O3/c24-18(15-5-6-20-17(14-15)21-7-1-2-8-21)22-9-11-23(12-10-22)19(25)16-4-3-13-26-16/h3-6,13-14H,1-2,7-12H2. The number of carbonyl (C=O) groups is 2. The predicted octanol–water partition coefficient (Wildman–Crippen LogP) is 1.87. The Kier molecular flexibility index (Phi) is 4.60. The van der Waals surface area contributed by atoms with Crippen molar-refractivity contribution in [2.45, 2.75) is 12.8 Å². The summed E-state index contributed by atoms with van der Waals surface area (Å²) in [6.07, 6.45) is 5.54. The maximum atomic E-state index is 12.8. The van der Waals surface area contributed by atoms with E-state index < -0.39 is 0 Å². The number of carbonyl (C=O) groups excluding carboxylic acids is 2. The van der Waals surface area contributed by atoms with Crippen molar-refractivity contribution in [3.8, 4) is 0 Å². The van der Waals surface area contributed by atoms with Crippen molar-refractivity contribution >= 4 is 17.6 Å². The molecule has 0 spiro atoms. The Morgan fingerprint density at radius 3 is 2.27 bits per heavy atom. The number of pyridine rings is 1. The van der Waals surface area contributed by atoms with E-state index in [9.17, 15) is 9.59 Å². The van der Waals surface area contributed by atoms with E-state index in [0.717, 1.165) is 18.9 Å². The third-order valence-corrected chi connectivity index (χ3v) is 5.01. The molecule has 0 saturated carbocycles. The first kappa shape index (κ1) is 16.6. The highest BCUT2D eigenvalue weighted by atomic mass is 16.3. The van der Waals surface area contributed by atoms with Gasteiger partial charge in [-0.3, -0.25) is 9.59 Å². The molecule has 0 N–H and O–H groups in total. The second kappa shape index (κ2) is 7.19. The summed E-state index contributed by atoms with van der Waals surface area (Å²) in [5, 5.41) is 0. The molecule has 2 fully saturated rings. The Balaban J connectivity index is 1.39. The van der Waals surface area contributed by atoms with Crippen LogP contribution in [-0.4, -0.2) is 65.9 Å². The number of anilines is 1. The normalized spacial score (nSPS) is 17.6. The molecule has 7 heteroatoms. The van der Waals surface area contributed by atoms with Gasteiger partial charge in [-0.25, -0.2) is 4.98 Å². The summed E-state index contributed by atoms with van der Waals surface area (Å²) < 4.78 is 5.17. The minimum Gasteiger partial charge on any atom is -0.459 e. The maximum absolute atomic E-state index is 12.8. The van der Waals surface area contributed by atoms with Crippen LogP contribution in [0.1, 0.15) is 33.8 Å². The van der Waals surface area contributed by atoms with Gasteiger partial charge < -0.3 is 19.1 Å². The zero-order chi connectivity index (χ0) is 17.9. The van der Waals surface area contributed by atoms with Crippen LogP contribution in [0.15, 0.2) is 41.1 Å². The lowest BCUT2D eigenvalue weighted by molar-refractivity contribution is 0.0518. The predicted molar refractivity (Wildman–Crippen MR) is 96.2 cm³/mol. The summed E-state index contributed by atoms with van der Waals surface area (Å²) in [6, 6.07) is 7.02. The monoisotopic (exact) mass is 354 g/mol. The average molecular weight is 354 g/mol. The molecule has 0 aromatic carbocycles. The van der Waals surface area contributed by atoms with Gasteiger partial charge in [0.1, 0.15) is 5.82 Å². The lowest BCUT2D eigenvalue weighted by Crippen LogP contribution is -2.50. The van der Waals surface area contributed by atoms with E-state index in [1.54, 1.807) is 34.2 Å². The molecule has 0 unspecified atom stereocenters. The van der Waals surface area contributed by atoms with E-state index in [4.69, 9.17) is 4.42 Å². The van der Waals surface area contributed by atoms with Crippen molar-refractivity contribution in [3.05, 3.63) is 48.0 Å². The quantitative estimate of drug-likeness (QED) is 0.842. The van der Waals surface area contributed by atoms with Crippen LogP contribution in [0.5, 0.6) is 0 Å². The number of rotatable bonds is 3. The second-order valence-corrected chi connectivity index (χ2v) is 6.66. The Morgan fingerprint density at radius 1 is 0.923 bits per heavy atom. The second-order valence-electron chi connectivity index (χ2n) is 6.66. The van der Waals surface area contributed by atoms with E-state index in [1.165, 1.54) is 19.1 Å². The maximum Gasteiger partial charge on any atom is 0.289 e. The minimum absolute atomic E-state index is 0.00190. The molecule has 4 rings (SSSR count). The van der Waals surface area contributed by atoms with Crippen LogP contribution in [0.4, 0.5) is 5.82 Å². The van der Waals surface area contributed by atoms with E-state index in [0.29, 0.717) is 37.5 Å². The van der Waals surface area contributed by atoms with Crippen LogP contribution >= 0.6 is 0 Å². The molecule has 2 aliphatic heterocycles. The van der Waals surface area contributed by atoms with Gasteiger partial charge in [0.05, 0.1) is 6.26 Å². The van der Waals surface area contributed by atoms with Gasteiger partial charge in [-0.1, -0.05) is 0 Å². The fourth-order valence-corrected chi connectivity index (χ4v) is 3.52. The van der Waals surface area contributed by atoms with Crippen molar-refractivity contribution < 1.29 is 14.0 Å². The number of amides is 2. The van der Waals surface area contributed by atoms with Crippen LogP contribution in [0, 0.1) is 0 Å². The molecule has 0 bridgehead atoms. The van der Waals surface area contributed by atoms with Crippen molar-refractivity contribution in [2.24, 2.45) is 0 Å². The smallest absolute Gasteiger partial charge is 0.289 e. The number of hydrogen-bond acceptors (Lipinski definition) is 5. The van der Waals surface area contributed by atoms with Gasteiger partial charge in [0, 0.05) is 51.0 Å². The topological polar surface area (TPSA) is 69.9 Å². The van der Waals surface area contributed by atoms with Gasteiger partial charge in [0.25, 0.3) is 11.8 Å². The summed E-state index contributed by atoms with van der Waals surface area (Å²) in [6.45, 7) is 4.06. The van der Waals surface area contributed by atoms with Gasteiger partial charge in [-0.15, -0.1) is 0 Å². The average Bonchev–Trinajstić information content (AvgIpc) is 3.41. The summed E-state index contributed by atoms with van der Waals surface area (Å²) in [7, 11) is 0. The van der Waals surface area contributed by atoms with Gasteiger partial charge in [-0.05, 0) is 37.1 Å². The highest BCUT2D eigenvalue weighted by molar-refractivity contribution is 5.95. The summed E-state index contributed by atoms with van der Waals surface area (Å²) in [4.78, 5) is 35.3. The molecule has 0 aliphatic carbocycles. The number of aromatic nitrogens is 1. The lowest BCUT2D eigenvalue weighted by Gasteiger charge is -2.34. The summed E-state index contributed by atoms with van der Waals surface area (Å²) >= 11 is 0. The van der Waals surface area contributed by atoms with Crippen molar-refractivity contribution in [2.75, 3.05) is 44.2 Å². The van der Waals surface area contributed by atoms with Gasteiger partial charge in [-0.2, -0.15) is 0 Å².